The SMILES string of the molecule is Fc1nnc(F)nn1. The molecule has 0 amide bonds. The van der Waals surface area contributed by atoms with Crippen LogP contribution in [0, 0.1) is 12.2 Å². The van der Waals surface area contributed by atoms with E-state index in [1.807, 2.05) is 0 Å². The lowest BCUT2D eigenvalue weighted by Gasteiger charge is -1.79. The zero-order valence-corrected chi connectivity index (χ0v) is 3.54. The Morgan fingerprint density at radius 3 is 1.25 bits per heavy atom. The van der Waals surface area contributed by atoms with Crippen LogP contribution in [-0.2, 0) is 0 Å². The van der Waals surface area contributed by atoms with Gasteiger partial charge in [-0.05, 0) is 0 Å². The minimum atomic E-state index is -1.13. The van der Waals surface area contributed by atoms with Gasteiger partial charge in [-0.3, -0.25) is 0 Å². The van der Waals surface area contributed by atoms with Crippen molar-refractivity contribution in [3.05, 3.63) is 12.2 Å². The lowest BCUT2D eigenvalue weighted by molar-refractivity contribution is 0.421. The van der Waals surface area contributed by atoms with Gasteiger partial charge in [0.2, 0.25) is 0 Å². The molecule has 0 saturated heterocycles. The summed E-state index contributed by atoms with van der Waals surface area (Å²) in [6, 6.07) is 0. The Kier molecular flexibility index (Phi) is 1.07. The molecule has 0 saturated carbocycles. The Hall–Kier alpha value is -1.20. The highest BCUT2D eigenvalue weighted by Gasteiger charge is 1.93. The molecule has 0 aliphatic heterocycles. The first kappa shape index (κ1) is 4.95. The van der Waals surface area contributed by atoms with Crippen molar-refractivity contribution >= 4 is 0 Å². The molecule has 42 valence electrons. The highest BCUT2D eigenvalue weighted by atomic mass is 19.1. The number of hydrogen-bond donors (Lipinski definition) is 0. The number of halogens is 2. The molecule has 1 rings (SSSR count). The molecule has 0 radical (unpaired) electrons. The largest absolute Gasteiger partial charge is 0.346 e. The minimum Gasteiger partial charge on any atom is -0.158 e. The third-order valence-electron chi connectivity index (χ3n) is 0.430. The van der Waals surface area contributed by atoms with Crippen LogP contribution in [0.15, 0.2) is 0 Å². The van der Waals surface area contributed by atoms with E-state index in [0.29, 0.717) is 0 Å². The van der Waals surface area contributed by atoms with Crippen molar-refractivity contribution in [1.82, 2.24) is 20.4 Å². The van der Waals surface area contributed by atoms with Gasteiger partial charge < -0.3 is 0 Å². The number of rotatable bonds is 0. The van der Waals surface area contributed by atoms with Gasteiger partial charge in [-0.1, -0.05) is 20.4 Å². The van der Waals surface area contributed by atoms with Crippen LogP contribution >= 0.6 is 0 Å². The zero-order valence-electron chi connectivity index (χ0n) is 3.54. The summed E-state index contributed by atoms with van der Waals surface area (Å²) in [4.78, 5) is 0. The first-order valence-corrected chi connectivity index (χ1v) is 1.67. The molecule has 0 aliphatic carbocycles. The molecule has 0 aliphatic rings. The van der Waals surface area contributed by atoms with Crippen LogP contribution in [0.2, 0.25) is 0 Å². The first-order chi connectivity index (χ1) is 3.79. The fourth-order valence-electron chi connectivity index (χ4n) is 0.205. The van der Waals surface area contributed by atoms with E-state index < -0.39 is 12.2 Å². The summed E-state index contributed by atoms with van der Waals surface area (Å²) in [5.41, 5.74) is 0. The molecule has 4 nitrogen and oxygen atoms in total. The predicted molar refractivity (Wildman–Crippen MR) is 17.5 cm³/mol. The van der Waals surface area contributed by atoms with E-state index in [9.17, 15) is 8.78 Å². The molecule has 1 aromatic heterocycles. The molecule has 6 heteroatoms. The molecule has 1 aromatic rings. The van der Waals surface area contributed by atoms with E-state index in [1.54, 1.807) is 0 Å². The highest BCUT2D eigenvalue weighted by Crippen LogP contribution is 1.78. The predicted octanol–water partition coefficient (Wildman–Crippen LogP) is -0.455. The Morgan fingerprint density at radius 1 is 0.750 bits per heavy atom. The van der Waals surface area contributed by atoms with E-state index >= 15 is 0 Å². The highest BCUT2D eigenvalue weighted by molar-refractivity contribution is 4.48. The smallest absolute Gasteiger partial charge is 0.158 e. The van der Waals surface area contributed by atoms with Gasteiger partial charge in [0.05, 0.1) is 0 Å². The molecule has 0 fully saturated rings. The number of nitrogens with zero attached hydrogens (tertiary/aromatic N) is 4. The van der Waals surface area contributed by atoms with Crippen molar-refractivity contribution < 1.29 is 8.78 Å². The summed E-state index contributed by atoms with van der Waals surface area (Å²) >= 11 is 0. The summed E-state index contributed by atoms with van der Waals surface area (Å²) < 4.78 is 23.1. The van der Waals surface area contributed by atoms with Gasteiger partial charge in [-0.25, -0.2) is 0 Å². The van der Waals surface area contributed by atoms with Crippen molar-refractivity contribution in [2.24, 2.45) is 0 Å². The normalized spacial score (nSPS) is 9.25. The second-order valence-electron chi connectivity index (χ2n) is 0.938. The molecule has 0 bridgehead atoms. The summed E-state index contributed by atoms with van der Waals surface area (Å²) in [5, 5.41) is 10.5. The van der Waals surface area contributed by atoms with Crippen LogP contribution in [0.5, 0.6) is 0 Å². The van der Waals surface area contributed by atoms with E-state index in [1.165, 1.54) is 0 Å². The molecule has 1 heterocycles. The fourth-order valence-corrected chi connectivity index (χ4v) is 0.205. The molecule has 8 heavy (non-hydrogen) atoms. The maximum absolute atomic E-state index is 11.6. The van der Waals surface area contributed by atoms with Crippen LogP contribution in [-0.4, -0.2) is 20.4 Å². The van der Waals surface area contributed by atoms with Crippen molar-refractivity contribution in [3.63, 3.8) is 0 Å². The quantitative estimate of drug-likeness (QED) is 0.462. The third-order valence-corrected chi connectivity index (χ3v) is 0.430. The lowest BCUT2D eigenvalue weighted by atomic mass is 11.2. The molecule has 0 N–H and O–H groups in total. The lowest BCUT2D eigenvalue weighted by Crippen LogP contribution is -1.99. The Labute approximate surface area is 42.6 Å². The van der Waals surface area contributed by atoms with Gasteiger partial charge >= 0.3 is 12.2 Å². The Bertz CT molecular complexity index is 151. The van der Waals surface area contributed by atoms with Crippen LogP contribution < -0.4 is 0 Å². The van der Waals surface area contributed by atoms with Crippen molar-refractivity contribution in [2.75, 3.05) is 0 Å². The van der Waals surface area contributed by atoms with E-state index in [0.717, 1.165) is 0 Å². The van der Waals surface area contributed by atoms with Crippen LogP contribution in [0.1, 0.15) is 0 Å². The molecular formula is C2F2N4. The second-order valence-corrected chi connectivity index (χ2v) is 0.938. The summed E-state index contributed by atoms with van der Waals surface area (Å²) in [7, 11) is 0. The third kappa shape index (κ3) is 0.895. The summed E-state index contributed by atoms with van der Waals surface area (Å²) in [6.45, 7) is 0. The van der Waals surface area contributed by atoms with Gasteiger partial charge in [0.1, 0.15) is 0 Å². The van der Waals surface area contributed by atoms with Gasteiger partial charge in [-0.15, -0.1) is 0 Å². The number of hydrogen-bond acceptors (Lipinski definition) is 4. The van der Waals surface area contributed by atoms with E-state index in [2.05, 4.69) is 20.4 Å². The van der Waals surface area contributed by atoms with E-state index in [-0.39, 0.29) is 0 Å². The zero-order chi connectivity index (χ0) is 5.98. The number of aromatic nitrogens is 4. The molecular weight excluding hydrogens is 118 g/mol. The average molecular weight is 118 g/mol. The van der Waals surface area contributed by atoms with Crippen molar-refractivity contribution in [2.45, 2.75) is 0 Å². The summed E-state index contributed by atoms with van der Waals surface area (Å²) in [6.07, 6.45) is -2.27. The Balaban J connectivity index is 3.03. The van der Waals surface area contributed by atoms with Gasteiger partial charge in [0.25, 0.3) is 0 Å². The Morgan fingerprint density at radius 2 is 1.00 bits per heavy atom. The second kappa shape index (κ2) is 1.73. The van der Waals surface area contributed by atoms with E-state index in [4.69, 9.17) is 0 Å². The van der Waals surface area contributed by atoms with Crippen molar-refractivity contribution in [1.29, 1.82) is 0 Å². The topological polar surface area (TPSA) is 51.6 Å². The molecule has 0 unspecified atom stereocenters. The van der Waals surface area contributed by atoms with Gasteiger partial charge in [-0.2, -0.15) is 8.78 Å². The van der Waals surface area contributed by atoms with Crippen LogP contribution in [0.3, 0.4) is 0 Å². The molecule has 0 atom stereocenters. The standard InChI is InChI=1S/C2F2N4/c3-1-5-7-2(4)8-6-1. The van der Waals surface area contributed by atoms with Crippen LogP contribution in [0.25, 0.3) is 0 Å². The van der Waals surface area contributed by atoms with Gasteiger partial charge in [0.15, 0.2) is 0 Å². The van der Waals surface area contributed by atoms with Gasteiger partial charge in [0, 0.05) is 0 Å². The maximum Gasteiger partial charge on any atom is 0.346 e. The molecule has 0 spiro atoms. The maximum atomic E-state index is 11.6. The van der Waals surface area contributed by atoms with Crippen molar-refractivity contribution in [3.8, 4) is 0 Å². The molecule has 0 aromatic carbocycles. The summed E-state index contributed by atoms with van der Waals surface area (Å²) in [5.74, 6) is 0. The first-order valence-electron chi connectivity index (χ1n) is 1.67. The fraction of sp³-hybridized carbons (Fsp3) is 0. The van der Waals surface area contributed by atoms with Crippen LogP contribution in [0.4, 0.5) is 8.78 Å². The monoisotopic (exact) mass is 118 g/mol. The minimum absolute atomic E-state index is 1.13. The average Bonchev–Trinajstić information content (AvgIpc) is 1.77.